The Morgan fingerprint density at radius 3 is 2.88 bits per heavy atom. The van der Waals surface area contributed by atoms with Crippen molar-refractivity contribution in [1.82, 2.24) is 0 Å². The summed E-state index contributed by atoms with van der Waals surface area (Å²) in [5.41, 5.74) is 3.58. The molecule has 0 saturated heterocycles. The first-order chi connectivity index (χ1) is 12.2. The lowest BCUT2D eigenvalue weighted by Gasteiger charge is -2.37. The van der Waals surface area contributed by atoms with Gasteiger partial charge in [0.1, 0.15) is 5.75 Å². The van der Waals surface area contributed by atoms with E-state index in [1.165, 1.54) is 5.56 Å². The van der Waals surface area contributed by atoms with Gasteiger partial charge in [-0.25, -0.2) is 0 Å². The molecular weight excluding hydrogens is 314 g/mol. The van der Waals surface area contributed by atoms with Crippen LogP contribution >= 0.6 is 0 Å². The van der Waals surface area contributed by atoms with Crippen LogP contribution in [0.2, 0.25) is 0 Å². The number of benzene rings is 2. The van der Waals surface area contributed by atoms with Gasteiger partial charge in [0.05, 0.1) is 19.8 Å². The van der Waals surface area contributed by atoms with E-state index < -0.39 is 0 Å². The summed E-state index contributed by atoms with van der Waals surface area (Å²) in [4.78, 5) is 0. The second-order valence-electron chi connectivity index (χ2n) is 6.59. The molecule has 0 saturated carbocycles. The normalized spacial score (nSPS) is 23.5. The van der Waals surface area contributed by atoms with Crippen molar-refractivity contribution in [3.63, 3.8) is 0 Å². The predicted octanol–water partition coefficient (Wildman–Crippen LogP) is 4.63. The van der Waals surface area contributed by atoms with E-state index in [9.17, 15) is 5.11 Å². The lowest BCUT2D eigenvalue weighted by molar-refractivity contribution is 0.338. The van der Waals surface area contributed by atoms with Gasteiger partial charge in [-0.2, -0.15) is 0 Å². The molecule has 2 aromatic rings. The number of nitrogens with one attached hydrogen (secondary N) is 1. The summed E-state index contributed by atoms with van der Waals surface area (Å²) in [6.45, 7) is 2.68. The molecule has 2 N–H and O–H groups in total. The second kappa shape index (κ2) is 6.36. The molecular formula is C21H23NO3. The highest BCUT2D eigenvalue weighted by atomic mass is 16.5. The number of rotatable bonds is 4. The lowest BCUT2D eigenvalue weighted by Crippen LogP contribution is -2.29. The molecule has 0 fully saturated rings. The quantitative estimate of drug-likeness (QED) is 0.799. The van der Waals surface area contributed by atoms with Crippen LogP contribution in [-0.2, 0) is 0 Å². The number of fused-ring (bicyclic) bond motifs is 3. The number of anilines is 1. The van der Waals surface area contributed by atoms with Gasteiger partial charge >= 0.3 is 0 Å². The van der Waals surface area contributed by atoms with Gasteiger partial charge < -0.3 is 19.9 Å². The molecule has 25 heavy (non-hydrogen) atoms. The van der Waals surface area contributed by atoms with Crippen molar-refractivity contribution >= 4 is 5.69 Å². The Kier molecular flexibility index (Phi) is 4.04. The second-order valence-corrected chi connectivity index (χ2v) is 6.59. The number of allylic oxidation sites excluding steroid dienone is 2. The number of hydrogen-bond acceptors (Lipinski definition) is 4. The molecule has 2 aliphatic rings. The van der Waals surface area contributed by atoms with Crippen LogP contribution in [0, 0.1) is 5.92 Å². The zero-order valence-electron chi connectivity index (χ0n) is 14.5. The third-order valence-corrected chi connectivity index (χ3v) is 5.21. The molecule has 0 aromatic heterocycles. The standard InChI is InChI=1S/C21H23NO3/c1-3-25-14-8-9-18-17(12-14)15-5-4-6-16(15)21(22-18)13-7-10-19(23)20(11-13)24-2/h4-5,7-12,15-16,21-23H,3,6H2,1-2H3. The summed E-state index contributed by atoms with van der Waals surface area (Å²) < 4.78 is 11.0. The molecule has 130 valence electrons. The van der Waals surface area contributed by atoms with Crippen molar-refractivity contribution in [1.29, 1.82) is 0 Å². The molecule has 1 aliphatic heterocycles. The van der Waals surface area contributed by atoms with Gasteiger partial charge in [-0.3, -0.25) is 0 Å². The van der Waals surface area contributed by atoms with Crippen LogP contribution in [0.4, 0.5) is 5.69 Å². The number of phenolic OH excluding ortho intramolecular Hbond substituents is 1. The minimum atomic E-state index is 0.171. The first-order valence-corrected chi connectivity index (χ1v) is 8.78. The Hall–Kier alpha value is -2.62. The molecule has 4 rings (SSSR count). The van der Waals surface area contributed by atoms with Crippen LogP contribution in [0.3, 0.4) is 0 Å². The van der Waals surface area contributed by atoms with Gasteiger partial charge in [0.2, 0.25) is 0 Å². The fourth-order valence-corrected chi connectivity index (χ4v) is 4.05. The molecule has 3 atom stereocenters. The Bertz CT molecular complexity index is 815. The first-order valence-electron chi connectivity index (χ1n) is 8.78. The lowest BCUT2D eigenvalue weighted by atomic mass is 9.77. The number of aromatic hydroxyl groups is 1. The number of ether oxygens (including phenoxy) is 2. The number of phenols is 1. The predicted molar refractivity (Wildman–Crippen MR) is 98.6 cm³/mol. The number of methoxy groups -OCH3 is 1. The average molecular weight is 337 g/mol. The van der Waals surface area contributed by atoms with E-state index in [1.54, 1.807) is 13.2 Å². The summed E-state index contributed by atoms with van der Waals surface area (Å²) in [6, 6.07) is 12.1. The van der Waals surface area contributed by atoms with Gasteiger partial charge in [0.25, 0.3) is 0 Å². The van der Waals surface area contributed by atoms with Crippen molar-refractivity contribution in [3.05, 3.63) is 59.7 Å². The summed E-state index contributed by atoms with van der Waals surface area (Å²) in [6.07, 6.45) is 5.61. The first kappa shape index (κ1) is 15.9. The highest BCUT2D eigenvalue weighted by Gasteiger charge is 2.38. The van der Waals surface area contributed by atoms with Crippen molar-refractivity contribution in [3.8, 4) is 17.2 Å². The third-order valence-electron chi connectivity index (χ3n) is 5.21. The monoisotopic (exact) mass is 337 g/mol. The van der Waals surface area contributed by atoms with E-state index in [-0.39, 0.29) is 11.8 Å². The summed E-state index contributed by atoms with van der Waals surface area (Å²) >= 11 is 0. The minimum Gasteiger partial charge on any atom is -0.504 e. The Balaban J connectivity index is 1.73. The van der Waals surface area contributed by atoms with E-state index >= 15 is 0 Å². The molecule has 0 amide bonds. The Morgan fingerprint density at radius 1 is 1.20 bits per heavy atom. The number of hydrogen-bond donors (Lipinski definition) is 2. The highest BCUT2D eigenvalue weighted by Crippen LogP contribution is 2.51. The maximum Gasteiger partial charge on any atom is 0.160 e. The van der Waals surface area contributed by atoms with Crippen molar-refractivity contribution < 1.29 is 14.6 Å². The molecule has 1 aliphatic carbocycles. The molecule has 0 spiro atoms. The van der Waals surface area contributed by atoms with Crippen LogP contribution in [0.1, 0.15) is 36.4 Å². The molecule has 3 unspecified atom stereocenters. The van der Waals surface area contributed by atoms with E-state index in [1.807, 2.05) is 25.1 Å². The highest BCUT2D eigenvalue weighted by molar-refractivity contribution is 5.62. The third kappa shape index (κ3) is 2.72. The van der Waals surface area contributed by atoms with Crippen LogP contribution < -0.4 is 14.8 Å². The van der Waals surface area contributed by atoms with Gasteiger partial charge in [-0.15, -0.1) is 0 Å². The van der Waals surface area contributed by atoms with E-state index in [4.69, 9.17) is 9.47 Å². The van der Waals surface area contributed by atoms with E-state index in [0.29, 0.717) is 24.2 Å². The van der Waals surface area contributed by atoms with Crippen LogP contribution in [0.5, 0.6) is 17.2 Å². The molecule has 0 radical (unpaired) electrons. The fraction of sp³-hybridized carbons (Fsp3) is 0.333. The summed E-state index contributed by atoms with van der Waals surface area (Å²) in [5.74, 6) is 2.43. The Labute approximate surface area is 148 Å². The van der Waals surface area contributed by atoms with Gasteiger partial charge in [0.15, 0.2) is 11.5 Å². The van der Waals surface area contributed by atoms with Crippen LogP contribution in [-0.4, -0.2) is 18.8 Å². The van der Waals surface area contributed by atoms with Crippen molar-refractivity contribution in [2.75, 3.05) is 19.0 Å². The van der Waals surface area contributed by atoms with E-state index in [0.717, 1.165) is 23.4 Å². The minimum absolute atomic E-state index is 0.171. The SMILES string of the molecule is CCOc1ccc2c(c1)C1C=CCC1C(c1ccc(O)c(OC)c1)N2. The zero-order valence-corrected chi connectivity index (χ0v) is 14.5. The molecule has 2 aromatic carbocycles. The Morgan fingerprint density at radius 2 is 2.08 bits per heavy atom. The van der Waals surface area contributed by atoms with Gasteiger partial charge in [0, 0.05) is 11.6 Å². The van der Waals surface area contributed by atoms with Crippen molar-refractivity contribution in [2.45, 2.75) is 25.3 Å². The smallest absolute Gasteiger partial charge is 0.160 e. The molecule has 1 heterocycles. The summed E-state index contributed by atoms with van der Waals surface area (Å²) in [7, 11) is 1.58. The van der Waals surface area contributed by atoms with Crippen LogP contribution in [0.15, 0.2) is 48.6 Å². The summed E-state index contributed by atoms with van der Waals surface area (Å²) in [5, 5.41) is 13.6. The molecule has 4 heteroatoms. The largest absolute Gasteiger partial charge is 0.504 e. The van der Waals surface area contributed by atoms with Crippen LogP contribution in [0.25, 0.3) is 0 Å². The van der Waals surface area contributed by atoms with Gasteiger partial charge in [-0.05, 0) is 60.7 Å². The molecule has 0 bridgehead atoms. The maximum absolute atomic E-state index is 9.89. The topological polar surface area (TPSA) is 50.7 Å². The maximum atomic E-state index is 9.89. The van der Waals surface area contributed by atoms with Crippen molar-refractivity contribution in [2.24, 2.45) is 5.92 Å². The zero-order chi connectivity index (χ0) is 17.4. The molecule has 4 nitrogen and oxygen atoms in total. The average Bonchev–Trinajstić information content (AvgIpc) is 3.12. The van der Waals surface area contributed by atoms with Gasteiger partial charge in [-0.1, -0.05) is 18.2 Å². The van der Waals surface area contributed by atoms with E-state index in [2.05, 4.69) is 29.6 Å². The fourth-order valence-electron chi connectivity index (χ4n) is 4.05.